The van der Waals surface area contributed by atoms with Crippen LogP contribution in [0, 0.1) is 6.92 Å². The van der Waals surface area contributed by atoms with Gasteiger partial charge < -0.3 is 5.11 Å². The van der Waals surface area contributed by atoms with Crippen molar-refractivity contribution in [2.24, 2.45) is 0 Å². The van der Waals surface area contributed by atoms with Gasteiger partial charge in [-0.25, -0.2) is 0 Å². The molecule has 0 spiro atoms. The first-order valence-electron chi connectivity index (χ1n) is 4.98. The summed E-state index contributed by atoms with van der Waals surface area (Å²) in [5.74, 6) is -0.746. The van der Waals surface area contributed by atoms with Crippen molar-refractivity contribution in [1.82, 2.24) is 4.98 Å². The number of nitrogens with zero attached hydrogens (tertiary/aromatic N) is 1. The van der Waals surface area contributed by atoms with E-state index in [9.17, 15) is 4.79 Å². The number of carboxylic acids is 1. The number of thioether (sulfide) groups is 1. The fourth-order valence-electron chi connectivity index (χ4n) is 1.55. The third kappa shape index (κ3) is 2.98. The molecule has 1 aromatic carbocycles. The quantitative estimate of drug-likeness (QED) is 0.882. The molecule has 0 saturated carbocycles. The van der Waals surface area contributed by atoms with E-state index in [0.717, 1.165) is 26.0 Å². The Morgan fingerprint density at radius 2 is 2.24 bits per heavy atom. The van der Waals surface area contributed by atoms with E-state index in [1.54, 1.807) is 0 Å². The first-order chi connectivity index (χ1) is 8.06. The van der Waals surface area contributed by atoms with Crippen molar-refractivity contribution >= 4 is 44.6 Å². The maximum absolute atomic E-state index is 10.6. The van der Waals surface area contributed by atoms with Gasteiger partial charge in [-0.1, -0.05) is 22.0 Å². The number of pyridine rings is 1. The average Bonchev–Trinajstić information content (AvgIpc) is 2.24. The first kappa shape index (κ1) is 12.4. The van der Waals surface area contributed by atoms with E-state index < -0.39 is 5.97 Å². The van der Waals surface area contributed by atoms with Crippen LogP contribution in [0.1, 0.15) is 5.69 Å². The Morgan fingerprint density at radius 3 is 2.94 bits per heavy atom. The molecule has 1 N–H and O–H groups in total. The minimum Gasteiger partial charge on any atom is -0.481 e. The van der Waals surface area contributed by atoms with Crippen LogP contribution in [-0.4, -0.2) is 21.8 Å². The molecule has 0 aliphatic rings. The van der Waals surface area contributed by atoms with Gasteiger partial charge in [0.1, 0.15) is 0 Å². The van der Waals surface area contributed by atoms with Gasteiger partial charge in [0.2, 0.25) is 0 Å². The number of hydrogen-bond acceptors (Lipinski definition) is 3. The van der Waals surface area contributed by atoms with Gasteiger partial charge in [0.25, 0.3) is 0 Å². The Bertz CT molecular complexity index is 581. The van der Waals surface area contributed by atoms with Crippen LogP contribution >= 0.6 is 27.7 Å². The lowest BCUT2D eigenvalue weighted by molar-refractivity contribution is -0.133. The molecule has 1 aromatic heterocycles. The van der Waals surface area contributed by atoms with E-state index in [-0.39, 0.29) is 5.75 Å². The maximum Gasteiger partial charge on any atom is 0.313 e. The number of carboxylic acid groups (broad SMARTS) is 1. The summed E-state index contributed by atoms with van der Waals surface area (Å²) in [5, 5.41) is 9.71. The highest BCUT2D eigenvalue weighted by atomic mass is 79.9. The highest BCUT2D eigenvalue weighted by Crippen LogP contribution is 2.29. The van der Waals surface area contributed by atoms with Crippen LogP contribution in [0.3, 0.4) is 0 Å². The van der Waals surface area contributed by atoms with Gasteiger partial charge in [-0.05, 0) is 25.1 Å². The third-order valence-electron chi connectivity index (χ3n) is 2.21. The van der Waals surface area contributed by atoms with Crippen LogP contribution in [0.4, 0.5) is 0 Å². The summed E-state index contributed by atoms with van der Waals surface area (Å²) in [7, 11) is 0. The second-order valence-electron chi connectivity index (χ2n) is 3.61. The van der Waals surface area contributed by atoms with Crippen LogP contribution in [0.2, 0.25) is 0 Å². The number of fused-ring (bicyclic) bond motifs is 1. The van der Waals surface area contributed by atoms with Crippen molar-refractivity contribution in [1.29, 1.82) is 0 Å². The number of aromatic nitrogens is 1. The molecule has 0 unspecified atom stereocenters. The van der Waals surface area contributed by atoms with Crippen molar-refractivity contribution in [3.8, 4) is 0 Å². The van der Waals surface area contributed by atoms with Gasteiger partial charge in [0.15, 0.2) is 0 Å². The lowest BCUT2D eigenvalue weighted by atomic mass is 10.2. The first-order valence-corrected chi connectivity index (χ1v) is 6.75. The van der Waals surface area contributed by atoms with Crippen LogP contribution in [0.15, 0.2) is 33.6 Å². The molecule has 1 heterocycles. The van der Waals surface area contributed by atoms with Crippen LogP contribution in [-0.2, 0) is 4.79 Å². The second-order valence-corrected chi connectivity index (χ2v) is 5.54. The summed E-state index contributed by atoms with van der Waals surface area (Å²) in [6.07, 6.45) is 0. The second kappa shape index (κ2) is 5.06. The standard InChI is InChI=1S/C12H10BrNO2S/c1-7-4-11(17-6-12(15)16)9-3-2-8(13)5-10(9)14-7/h2-5H,6H2,1H3,(H,15,16). The SMILES string of the molecule is Cc1cc(SCC(=O)O)c2ccc(Br)cc2n1. The number of aliphatic carboxylic acids is 1. The Kier molecular flexibility index (Phi) is 3.69. The molecule has 0 atom stereocenters. The summed E-state index contributed by atoms with van der Waals surface area (Å²) >= 11 is 4.73. The van der Waals surface area contributed by atoms with E-state index >= 15 is 0 Å². The third-order valence-corrected chi connectivity index (χ3v) is 3.75. The van der Waals surface area contributed by atoms with Gasteiger partial charge >= 0.3 is 5.97 Å². The molecule has 0 aliphatic carbocycles. The van der Waals surface area contributed by atoms with Crippen molar-refractivity contribution in [3.05, 3.63) is 34.4 Å². The molecule has 5 heteroatoms. The van der Waals surface area contributed by atoms with Crippen LogP contribution < -0.4 is 0 Å². The molecule has 0 bridgehead atoms. The van der Waals surface area contributed by atoms with Gasteiger partial charge in [0, 0.05) is 20.4 Å². The highest BCUT2D eigenvalue weighted by molar-refractivity contribution is 9.10. The normalized spacial score (nSPS) is 10.7. The summed E-state index contributed by atoms with van der Waals surface area (Å²) in [4.78, 5) is 16.0. The minimum absolute atomic E-state index is 0.0641. The molecule has 3 nitrogen and oxygen atoms in total. The average molecular weight is 312 g/mol. The predicted octanol–water partition coefficient (Wildman–Crippen LogP) is 3.48. The van der Waals surface area contributed by atoms with Gasteiger partial charge in [-0.2, -0.15) is 0 Å². The van der Waals surface area contributed by atoms with E-state index in [1.807, 2.05) is 31.2 Å². The van der Waals surface area contributed by atoms with E-state index in [2.05, 4.69) is 20.9 Å². The van der Waals surface area contributed by atoms with E-state index in [1.165, 1.54) is 11.8 Å². The molecule has 0 amide bonds. The summed E-state index contributed by atoms with van der Waals surface area (Å²) in [6, 6.07) is 7.75. The number of rotatable bonds is 3. The summed E-state index contributed by atoms with van der Waals surface area (Å²) in [5.41, 5.74) is 1.77. The molecule has 0 aliphatic heterocycles. The van der Waals surface area contributed by atoms with Crippen molar-refractivity contribution < 1.29 is 9.90 Å². The molecular formula is C12H10BrNO2S. The topological polar surface area (TPSA) is 50.2 Å². The predicted molar refractivity (Wildman–Crippen MR) is 72.5 cm³/mol. The Labute approximate surface area is 111 Å². The number of halogens is 1. The number of carbonyl (C=O) groups is 1. The molecule has 2 aromatic rings. The minimum atomic E-state index is -0.810. The number of hydrogen-bond donors (Lipinski definition) is 1. The number of benzene rings is 1. The fourth-order valence-corrected chi connectivity index (χ4v) is 2.76. The number of aryl methyl sites for hydroxylation is 1. The maximum atomic E-state index is 10.6. The monoisotopic (exact) mass is 311 g/mol. The Balaban J connectivity index is 2.50. The molecule has 17 heavy (non-hydrogen) atoms. The molecule has 0 radical (unpaired) electrons. The summed E-state index contributed by atoms with van der Waals surface area (Å²) < 4.78 is 0.970. The molecular weight excluding hydrogens is 302 g/mol. The van der Waals surface area contributed by atoms with Gasteiger partial charge in [-0.15, -0.1) is 11.8 Å². The molecule has 2 rings (SSSR count). The largest absolute Gasteiger partial charge is 0.481 e. The molecule has 88 valence electrons. The van der Waals surface area contributed by atoms with Crippen molar-refractivity contribution in [2.45, 2.75) is 11.8 Å². The van der Waals surface area contributed by atoms with E-state index in [0.29, 0.717) is 0 Å². The van der Waals surface area contributed by atoms with Crippen molar-refractivity contribution in [3.63, 3.8) is 0 Å². The van der Waals surface area contributed by atoms with E-state index in [4.69, 9.17) is 5.11 Å². The van der Waals surface area contributed by atoms with Gasteiger partial charge in [-0.3, -0.25) is 9.78 Å². The van der Waals surface area contributed by atoms with Crippen LogP contribution in [0.5, 0.6) is 0 Å². The smallest absolute Gasteiger partial charge is 0.313 e. The zero-order valence-corrected chi connectivity index (χ0v) is 11.5. The van der Waals surface area contributed by atoms with Gasteiger partial charge in [0.05, 0.1) is 11.3 Å². The zero-order valence-electron chi connectivity index (χ0n) is 9.11. The van der Waals surface area contributed by atoms with Crippen LogP contribution in [0.25, 0.3) is 10.9 Å². The highest BCUT2D eigenvalue weighted by Gasteiger charge is 2.07. The Hall–Kier alpha value is -1.07. The van der Waals surface area contributed by atoms with Crippen molar-refractivity contribution in [2.75, 3.05) is 5.75 Å². The molecule has 0 fully saturated rings. The Morgan fingerprint density at radius 1 is 1.47 bits per heavy atom. The molecule has 0 saturated heterocycles. The fraction of sp³-hybridized carbons (Fsp3) is 0.167. The lowest BCUT2D eigenvalue weighted by Crippen LogP contribution is -1.98. The zero-order chi connectivity index (χ0) is 12.4. The summed E-state index contributed by atoms with van der Waals surface area (Å²) in [6.45, 7) is 1.91. The lowest BCUT2D eigenvalue weighted by Gasteiger charge is -2.06.